The first kappa shape index (κ1) is 17.3. The third-order valence-electron chi connectivity index (χ3n) is 3.00. The Labute approximate surface area is 157 Å². The van der Waals surface area contributed by atoms with Gasteiger partial charge in [0.2, 0.25) is 0 Å². The highest BCUT2D eigenvalue weighted by Crippen LogP contribution is 2.38. The van der Waals surface area contributed by atoms with Crippen molar-refractivity contribution in [2.45, 2.75) is 6.42 Å². The van der Waals surface area contributed by atoms with Crippen LogP contribution in [0.3, 0.4) is 0 Å². The maximum absolute atomic E-state index is 5.51. The summed E-state index contributed by atoms with van der Waals surface area (Å²) in [5.41, 5.74) is 2.14. The summed E-state index contributed by atoms with van der Waals surface area (Å²) in [6.45, 7) is 0. The van der Waals surface area contributed by atoms with Crippen LogP contribution in [-0.2, 0) is 6.42 Å². The van der Waals surface area contributed by atoms with Crippen LogP contribution in [0.5, 0.6) is 11.5 Å². The van der Waals surface area contributed by atoms with Crippen LogP contribution in [-0.4, -0.2) is 14.2 Å². The molecule has 0 radical (unpaired) electrons. The Morgan fingerprint density at radius 3 is 2.05 bits per heavy atom. The third kappa shape index (κ3) is 4.03. The molecule has 0 amide bonds. The van der Waals surface area contributed by atoms with E-state index >= 15 is 0 Å². The zero-order valence-electron chi connectivity index (χ0n) is 11.3. The van der Waals surface area contributed by atoms with Gasteiger partial charge in [0.25, 0.3) is 0 Å². The summed E-state index contributed by atoms with van der Waals surface area (Å²) in [4.78, 5) is 0. The topological polar surface area (TPSA) is 18.5 Å². The number of hydrogen-bond donors (Lipinski definition) is 0. The zero-order chi connectivity index (χ0) is 15.6. The van der Waals surface area contributed by atoms with E-state index < -0.39 is 0 Å². The molecule has 0 aromatic heterocycles. The van der Waals surface area contributed by atoms with Gasteiger partial charge in [0, 0.05) is 31.0 Å². The highest BCUT2D eigenvalue weighted by atomic mass is 79.9. The largest absolute Gasteiger partial charge is 0.496 e. The highest BCUT2D eigenvalue weighted by molar-refractivity contribution is 9.11. The van der Waals surface area contributed by atoms with Crippen LogP contribution >= 0.6 is 63.7 Å². The Morgan fingerprint density at radius 1 is 0.810 bits per heavy atom. The Kier molecular flexibility index (Phi) is 6.17. The van der Waals surface area contributed by atoms with Crippen LogP contribution in [0.4, 0.5) is 0 Å². The molecule has 2 nitrogen and oxygen atoms in total. The third-order valence-corrected chi connectivity index (χ3v) is 5.21. The molecular weight excluding hydrogens is 532 g/mol. The molecule has 0 spiro atoms. The highest BCUT2D eigenvalue weighted by Gasteiger charge is 2.15. The molecule has 0 unspecified atom stereocenters. The Hall–Kier alpha value is -0.0400. The SMILES string of the molecule is COc1cc(Br)cc(Br)c1Cc1cc(Br)cc(Br)c1OC. The number of methoxy groups -OCH3 is 2. The molecular formula is C15H12Br4O2. The predicted molar refractivity (Wildman–Crippen MR) is 99.6 cm³/mol. The van der Waals surface area contributed by atoms with E-state index in [0.29, 0.717) is 6.42 Å². The first-order valence-electron chi connectivity index (χ1n) is 6.00. The summed E-state index contributed by atoms with van der Waals surface area (Å²) in [5, 5.41) is 0. The molecule has 0 aliphatic carbocycles. The van der Waals surface area contributed by atoms with Crippen molar-refractivity contribution in [3.63, 3.8) is 0 Å². The second-order valence-corrected chi connectivity index (χ2v) is 7.87. The Balaban J connectivity index is 2.52. The molecule has 6 heteroatoms. The molecule has 0 fully saturated rings. The molecule has 2 aromatic carbocycles. The van der Waals surface area contributed by atoms with E-state index in [1.165, 1.54) is 0 Å². The van der Waals surface area contributed by atoms with E-state index in [2.05, 4.69) is 69.8 Å². The zero-order valence-corrected chi connectivity index (χ0v) is 17.7. The lowest BCUT2D eigenvalue weighted by atomic mass is 10.0. The molecule has 0 aliphatic rings. The van der Waals surface area contributed by atoms with Crippen molar-refractivity contribution in [3.05, 3.63) is 53.3 Å². The minimum Gasteiger partial charge on any atom is -0.496 e. The van der Waals surface area contributed by atoms with E-state index in [4.69, 9.17) is 9.47 Å². The van der Waals surface area contributed by atoms with Crippen LogP contribution in [0.15, 0.2) is 42.2 Å². The molecule has 0 N–H and O–H groups in total. The molecule has 2 aromatic rings. The van der Waals surface area contributed by atoms with Crippen molar-refractivity contribution in [2.24, 2.45) is 0 Å². The number of halogens is 4. The van der Waals surface area contributed by atoms with Gasteiger partial charge < -0.3 is 9.47 Å². The van der Waals surface area contributed by atoms with Gasteiger partial charge in [0.05, 0.1) is 18.7 Å². The van der Waals surface area contributed by atoms with Crippen molar-refractivity contribution >= 4 is 63.7 Å². The Morgan fingerprint density at radius 2 is 1.43 bits per heavy atom. The maximum Gasteiger partial charge on any atom is 0.136 e. The van der Waals surface area contributed by atoms with Crippen molar-refractivity contribution in [2.75, 3.05) is 14.2 Å². The molecule has 0 aliphatic heterocycles. The van der Waals surface area contributed by atoms with Crippen molar-refractivity contribution < 1.29 is 9.47 Å². The summed E-state index contributed by atoms with van der Waals surface area (Å²) in [7, 11) is 3.34. The standard InChI is InChI=1S/C15H12Br4O2/c1-20-14-7-10(17)5-12(18)11(14)4-8-3-9(16)6-13(19)15(8)21-2/h3,5-7H,4H2,1-2H3. The first-order valence-corrected chi connectivity index (χ1v) is 9.17. The van der Waals surface area contributed by atoms with Crippen LogP contribution in [0.1, 0.15) is 11.1 Å². The van der Waals surface area contributed by atoms with Crippen LogP contribution in [0, 0.1) is 0 Å². The Bertz CT molecular complexity index is 671. The van der Waals surface area contributed by atoms with E-state index in [-0.39, 0.29) is 0 Å². The van der Waals surface area contributed by atoms with Crippen LogP contribution in [0.2, 0.25) is 0 Å². The molecule has 0 saturated carbocycles. The lowest BCUT2D eigenvalue weighted by Crippen LogP contribution is -1.99. The van der Waals surface area contributed by atoms with Gasteiger partial charge in [-0.05, 0) is 40.2 Å². The fraction of sp³-hybridized carbons (Fsp3) is 0.200. The monoisotopic (exact) mass is 540 g/mol. The summed E-state index contributed by atoms with van der Waals surface area (Å²) in [6.07, 6.45) is 0.693. The number of rotatable bonds is 4. The van der Waals surface area contributed by atoms with Crippen LogP contribution < -0.4 is 9.47 Å². The average Bonchev–Trinajstić information content (AvgIpc) is 2.41. The minimum atomic E-state index is 0.693. The van der Waals surface area contributed by atoms with Gasteiger partial charge >= 0.3 is 0 Å². The van der Waals surface area contributed by atoms with Gasteiger partial charge in [-0.2, -0.15) is 0 Å². The first-order chi connectivity index (χ1) is 9.96. The minimum absolute atomic E-state index is 0.693. The average molecular weight is 544 g/mol. The quantitative estimate of drug-likeness (QED) is 0.448. The van der Waals surface area contributed by atoms with E-state index in [1.54, 1.807) is 14.2 Å². The number of ether oxygens (including phenoxy) is 2. The lowest BCUT2D eigenvalue weighted by Gasteiger charge is -2.15. The maximum atomic E-state index is 5.51. The van der Waals surface area contributed by atoms with Gasteiger partial charge in [-0.1, -0.05) is 47.8 Å². The fourth-order valence-corrected chi connectivity index (χ4v) is 4.90. The molecule has 21 heavy (non-hydrogen) atoms. The normalized spacial score (nSPS) is 10.6. The van der Waals surface area contributed by atoms with E-state index in [1.807, 2.05) is 18.2 Å². The van der Waals surface area contributed by atoms with Gasteiger partial charge in [-0.3, -0.25) is 0 Å². The summed E-state index contributed by atoms with van der Waals surface area (Å²) in [6, 6.07) is 7.99. The molecule has 112 valence electrons. The molecule has 0 bridgehead atoms. The molecule has 0 saturated heterocycles. The second kappa shape index (κ2) is 7.49. The van der Waals surface area contributed by atoms with Gasteiger partial charge in [-0.25, -0.2) is 0 Å². The summed E-state index contributed by atoms with van der Waals surface area (Å²) < 4.78 is 14.9. The summed E-state index contributed by atoms with van der Waals surface area (Å²) >= 11 is 14.1. The summed E-state index contributed by atoms with van der Waals surface area (Å²) in [5.74, 6) is 1.66. The van der Waals surface area contributed by atoms with Crippen molar-refractivity contribution in [3.8, 4) is 11.5 Å². The molecule has 0 atom stereocenters. The van der Waals surface area contributed by atoms with Crippen LogP contribution in [0.25, 0.3) is 0 Å². The van der Waals surface area contributed by atoms with Crippen molar-refractivity contribution in [1.82, 2.24) is 0 Å². The fourth-order valence-electron chi connectivity index (χ4n) is 2.10. The number of benzene rings is 2. The predicted octanol–water partition coefficient (Wildman–Crippen LogP) is 6.34. The van der Waals surface area contributed by atoms with Crippen molar-refractivity contribution in [1.29, 1.82) is 0 Å². The van der Waals surface area contributed by atoms with Gasteiger partial charge in [-0.15, -0.1) is 0 Å². The number of hydrogen-bond acceptors (Lipinski definition) is 2. The molecule has 2 rings (SSSR count). The van der Waals surface area contributed by atoms with Gasteiger partial charge in [0.15, 0.2) is 0 Å². The van der Waals surface area contributed by atoms with Gasteiger partial charge in [0.1, 0.15) is 11.5 Å². The smallest absolute Gasteiger partial charge is 0.136 e. The lowest BCUT2D eigenvalue weighted by molar-refractivity contribution is 0.403. The van der Waals surface area contributed by atoms with E-state index in [0.717, 1.165) is 40.5 Å². The molecule has 0 heterocycles. The van der Waals surface area contributed by atoms with E-state index in [9.17, 15) is 0 Å². The second-order valence-electron chi connectivity index (χ2n) is 4.33.